The van der Waals surface area contributed by atoms with Crippen LogP contribution in [0.5, 0.6) is 5.75 Å². The Hall–Kier alpha value is -2.82. The molecule has 0 aliphatic carbocycles. The number of hydrogen-bond acceptors (Lipinski definition) is 3. The van der Waals surface area contributed by atoms with Crippen LogP contribution in [0.1, 0.15) is 53.1 Å². The molecular formula is C22H23N3O2. The van der Waals surface area contributed by atoms with Gasteiger partial charge in [-0.1, -0.05) is 30.3 Å². The second-order valence-corrected chi connectivity index (χ2v) is 7.57. The Morgan fingerprint density at radius 2 is 2.00 bits per heavy atom. The number of carbonyl (C=O) groups excluding carboxylic acids is 1. The fourth-order valence-corrected chi connectivity index (χ4v) is 4.34. The van der Waals surface area contributed by atoms with Crippen molar-refractivity contribution in [3.63, 3.8) is 0 Å². The molecule has 0 bridgehead atoms. The summed E-state index contributed by atoms with van der Waals surface area (Å²) in [6.07, 6.45) is 6.06. The normalized spacial score (nSPS) is 21.5. The van der Waals surface area contributed by atoms with E-state index in [9.17, 15) is 4.79 Å². The predicted octanol–water partition coefficient (Wildman–Crippen LogP) is 3.92. The molecule has 1 saturated heterocycles. The number of rotatable bonds is 3. The summed E-state index contributed by atoms with van der Waals surface area (Å²) in [7, 11) is 0. The largest absolute Gasteiger partial charge is 0.482 e. The second kappa shape index (κ2) is 6.12. The van der Waals surface area contributed by atoms with Gasteiger partial charge in [-0.25, -0.2) is 4.98 Å². The number of likely N-dealkylation sites (tertiary alicyclic amines) is 1. The maximum absolute atomic E-state index is 11.4. The van der Waals surface area contributed by atoms with Gasteiger partial charge in [-0.2, -0.15) is 0 Å². The first-order valence-corrected chi connectivity index (χ1v) is 9.61. The highest BCUT2D eigenvalue weighted by molar-refractivity contribution is 5.64. The molecule has 2 unspecified atom stereocenters. The molecule has 4 heterocycles. The van der Waals surface area contributed by atoms with E-state index in [2.05, 4.69) is 41.8 Å². The van der Waals surface area contributed by atoms with Gasteiger partial charge < -0.3 is 14.0 Å². The van der Waals surface area contributed by atoms with Gasteiger partial charge in [-0.3, -0.25) is 4.79 Å². The maximum atomic E-state index is 11.4. The van der Waals surface area contributed by atoms with Crippen LogP contribution < -0.4 is 4.74 Å². The third kappa shape index (κ3) is 2.45. The summed E-state index contributed by atoms with van der Waals surface area (Å²) in [4.78, 5) is 18.1. The lowest BCUT2D eigenvalue weighted by molar-refractivity contribution is -0.125. The summed E-state index contributed by atoms with van der Waals surface area (Å²) in [5.74, 6) is 0.890. The van der Waals surface area contributed by atoms with Gasteiger partial charge in [-0.15, -0.1) is 0 Å². The molecule has 0 N–H and O–H groups in total. The topological polar surface area (TPSA) is 46.8 Å². The summed E-state index contributed by atoms with van der Waals surface area (Å²) in [6, 6.07) is 10.5. The zero-order valence-corrected chi connectivity index (χ0v) is 15.7. The van der Waals surface area contributed by atoms with Crippen LogP contribution in [-0.2, 0) is 11.2 Å². The number of pyridine rings is 1. The first-order chi connectivity index (χ1) is 13.2. The summed E-state index contributed by atoms with van der Waals surface area (Å²) < 4.78 is 8.67. The van der Waals surface area contributed by atoms with Crippen molar-refractivity contribution in [2.24, 2.45) is 0 Å². The standard InChI is InChI=1S/C22H23N3O2/c1-14-15(2)25-12-18(19-10-11-24(19)13-26)17-8-9-20(16-6-4-3-5-7-16)27-21(17)22(25)23-14/h3-7,12-13,19-20H,8-11H2,1-2H3. The van der Waals surface area contributed by atoms with E-state index in [1.807, 2.05) is 17.9 Å². The van der Waals surface area contributed by atoms with Crippen LogP contribution in [0.3, 0.4) is 0 Å². The minimum atomic E-state index is 0.0404. The number of carbonyl (C=O) groups is 1. The Kier molecular flexibility index (Phi) is 3.71. The quantitative estimate of drug-likeness (QED) is 0.664. The van der Waals surface area contributed by atoms with Crippen LogP contribution in [0.2, 0.25) is 0 Å². The van der Waals surface area contributed by atoms with Crippen LogP contribution in [-0.4, -0.2) is 27.2 Å². The number of ether oxygens (including phenoxy) is 1. The molecule has 2 aliphatic heterocycles. The average molecular weight is 361 g/mol. The first kappa shape index (κ1) is 16.4. The number of aromatic nitrogens is 2. The van der Waals surface area contributed by atoms with E-state index in [0.717, 1.165) is 55.0 Å². The zero-order chi connectivity index (χ0) is 18.5. The van der Waals surface area contributed by atoms with Crippen molar-refractivity contribution in [2.75, 3.05) is 6.54 Å². The van der Waals surface area contributed by atoms with Crippen molar-refractivity contribution >= 4 is 12.1 Å². The Labute approximate surface area is 158 Å². The van der Waals surface area contributed by atoms with Crippen molar-refractivity contribution < 1.29 is 9.53 Å². The fourth-order valence-electron chi connectivity index (χ4n) is 4.34. The van der Waals surface area contributed by atoms with Gasteiger partial charge >= 0.3 is 0 Å². The number of hydrogen-bond donors (Lipinski definition) is 0. The molecule has 138 valence electrons. The highest BCUT2D eigenvalue weighted by Crippen LogP contribution is 2.44. The summed E-state index contributed by atoms with van der Waals surface area (Å²) in [5, 5.41) is 0. The molecule has 5 heteroatoms. The molecule has 0 spiro atoms. The molecule has 1 amide bonds. The lowest BCUT2D eigenvalue weighted by Gasteiger charge is -2.40. The van der Waals surface area contributed by atoms with Crippen molar-refractivity contribution in [2.45, 2.75) is 45.3 Å². The van der Waals surface area contributed by atoms with E-state index < -0.39 is 0 Å². The first-order valence-electron chi connectivity index (χ1n) is 9.61. The minimum Gasteiger partial charge on any atom is -0.482 e. The lowest BCUT2D eigenvalue weighted by Crippen LogP contribution is -2.40. The Morgan fingerprint density at radius 3 is 2.70 bits per heavy atom. The SMILES string of the molecule is Cc1nc2c3c(c(C4CCN4C=O)cn2c1C)CCC(c1ccccc1)O3. The van der Waals surface area contributed by atoms with Crippen molar-refractivity contribution in [1.29, 1.82) is 0 Å². The van der Waals surface area contributed by atoms with Crippen LogP contribution in [0.15, 0.2) is 36.5 Å². The van der Waals surface area contributed by atoms with Crippen LogP contribution in [0.4, 0.5) is 0 Å². The van der Waals surface area contributed by atoms with Crippen LogP contribution in [0.25, 0.3) is 5.65 Å². The van der Waals surface area contributed by atoms with E-state index >= 15 is 0 Å². The van der Waals surface area contributed by atoms with E-state index in [4.69, 9.17) is 9.72 Å². The van der Waals surface area contributed by atoms with Crippen LogP contribution >= 0.6 is 0 Å². The molecule has 2 aliphatic rings. The van der Waals surface area contributed by atoms with E-state index in [-0.39, 0.29) is 12.1 Å². The summed E-state index contributed by atoms with van der Waals surface area (Å²) in [6.45, 7) is 4.95. The van der Waals surface area contributed by atoms with E-state index in [1.54, 1.807) is 0 Å². The van der Waals surface area contributed by atoms with Gasteiger partial charge in [0, 0.05) is 24.0 Å². The molecule has 5 rings (SSSR count). The Balaban J connectivity index is 1.66. The van der Waals surface area contributed by atoms with Crippen molar-refractivity contribution in [3.05, 3.63) is 64.6 Å². The number of benzene rings is 1. The second-order valence-electron chi connectivity index (χ2n) is 7.57. The van der Waals surface area contributed by atoms with Crippen molar-refractivity contribution in [3.8, 4) is 5.75 Å². The predicted molar refractivity (Wildman–Crippen MR) is 103 cm³/mol. The molecule has 1 aromatic carbocycles. The maximum Gasteiger partial charge on any atom is 0.210 e. The number of fused-ring (bicyclic) bond motifs is 3. The van der Waals surface area contributed by atoms with Gasteiger partial charge in [0.2, 0.25) is 6.41 Å². The van der Waals surface area contributed by atoms with Gasteiger partial charge in [0.25, 0.3) is 0 Å². The van der Waals surface area contributed by atoms with Gasteiger partial charge in [0.05, 0.1) is 11.7 Å². The lowest BCUT2D eigenvalue weighted by atomic mass is 9.88. The third-order valence-electron chi connectivity index (χ3n) is 6.12. The van der Waals surface area contributed by atoms with Gasteiger partial charge in [0.1, 0.15) is 6.10 Å². The fraction of sp³-hybridized carbons (Fsp3) is 0.364. The molecule has 2 aromatic heterocycles. The molecule has 3 aromatic rings. The number of aryl methyl sites for hydroxylation is 2. The highest BCUT2D eigenvalue weighted by atomic mass is 16.5. The molecule has 1 fully saturated rings. The molecule has 5 nitrogen and oxygen atoms in total. The summed E-state index contributed by atoms with van der Waals surface area (Å²) in [5.41, 5.74) is 6.66. The number of imidazole rings is 1. The van der Waals surface area contributed by atoms with Crippen molar-refractivity contribution in [1.82, 2.24) is 14.3 Å². The number of amides is 1. The molecule has 0 saturated carbocycles. The highest BCUT2D eigenvalue weighted by Gasteiger charge is 2.35. The third-order valence-corrected chi connectivity index (χ3v) is 6.12. The molecule has 2 atom stereocenters. The van der Waals surface area contributed by atoms with Gasteiger partial charge in [-0.05, 0) is 44.2 Å². The zero-order valence-electron chi connectivity index (χ0n) is 15.7. The van der Waals surface area contributed by atoms with Gasteiger partial charge in [0.15, 0.2) is 11.4 Å². The average Bonchev–Trinajstić information content (AvgIpc) is 2.96. The smallest absolute Gasteiger partial charge is 0.210 e. The molecular weight excluding hydrogens is 338 g/mol. The van der Waals surface area contributed by atoms with E-state index in [0.29, 0.717) is 0 Å². The Morgan fingerprint density at radius 1 is 1.19 bits per heavy atom. The Bertz CT molecular complexity index is 1030. The summed E-state index contributed by atoms with van der Waals surface area (Å²) >= 11 is 0. The number of nitrogens with zero attached hydrogens (tertiary/aromatic N) is 3. The molecule has 0 radical (unpaired) electrons. The van der Waals surface area contributed by atoms with Crippen LogP contribution in [0, 0.1) is 13.8 Å². The minimum absolute atomic E-state index is 0.0404. The monoisotopic (exact) mass is 361 g/mol. The van der Waals surface area contributed by atoms with E-state index in [1.165, 1.54) is 16.7 Å². The molecule has 27 heavy (non-hydrogen) atoms.